The second kappa shape index (κ2) is 8.47. The van der Waals surface area contributed by atoms with Crippen LogP contribution in [0.3, 0.4) is 0 Å². The van der Waals surface area contributed by atoms with Crippen LogP contribution in [0.5, 0.6) is 17.2 Å². The van der Waals surface area contributed by atoms with Crippen LogP contribution in [0.2, 0.25) is 0 Å². The molecule has 0 saturated heterocycles. The highest BCUT2D eigenvalue weighted by molar-refractivity contribution is 5.98. The minimum Gasteiger partial charge on any atom is -0.486 e. The van der Waals surface area contributed by atoms with E-state index in [-0.39, 0.29) is 24.2 Å². The molecule has 1 atom stereocenters. The summed E-state index contributed by atoms with van der Waals surface area (Å²) in [6, 6.07) is 12.2. The highest BCUT2D eigenvalue weighted by atomic mass is 16.6. The molecule has 0 spiro atoms. The van der Waals surface area contributed by atoms with Gasteiger partial charge >= 0.3 is 5.82 Å². The van der Waals surface area contributed by atoms with Crippen molar-refractivity contribution in [3.05, 3.63) is 75.7 Å². The van der Waals surface area contributed by atoms with Crippen molar-refractivity contribution in [2.24, 2.45) is 0 Å². The summed E-state index contributed by atoms with van der Waals surface area (Å²) in [7, 11) is 0. The SMILES string of the molecule is Cc1cc(C(=O)COc2cccnc2[N+](=O)[O-])c(C)n1C[C@H]1COc2ccccc2O1. The topological polar surface area (TPSA) is 106 Å². The number of ether oxygens (including phenoxy) is 3. The number of nitrogens with zero attached hydrogens (tertiary/aromatic N) is 3. The lowest BCUT2D eigenvalue weighted by molar-refractivity contribution is -0.390. The number of pyridine rings is 1. The number of fused-ring (bicyclic) bond motifs is 1. The Balaban J connectivity index is 1.46. The Morgan fingerprint density at radius 1 is 1.26 bits per heavy atom. The van der Waals surface area contributed by atoms with Crippen LogP contribution in [0.25, 0.3) is 0 Å². The van der Waals surface area contributed by atoms with Crippen molar-refractivity contribution in [1.82, 2.24) is 9.55 Å². The van der Waals surface area contributed by atoms with E-state index in [0.29, 0.717) is 24.5 Å². The average molecular weight is 423 g/mol. The van der Waals surface area contributed by atoms with Crippen molar-refractivity contribution in [2.45, 2.75) is 26.5 Å². The van der Waals surface area contributed by atoms with Crippen molar-refractivity contribution in [2.75, 3.05) is 13.2 Å². The summed E-state index contributed by atoms with van der Waals surface area (Å²) in [5, 5.41) is 11.1. The van der Waals surface area contributed by atoms with E-state index in [1.807, 2.05) is 42.7 Å². The zero-order chi connectivity index (χ0) is 22.0. The molecule has 1 aliphatic rings. The van der Waals surface area contributed by atoms with Crippen molar-refractivity contribution in [1.29, 1.82) is 0 Å². The van der Waals surface area contributed by atoms with Gasteiger partial charge in [-0.3, -0.25) is 4.79 Å². The second-order valence-corrected chi connectivity index (χ2v) is 7.19. The van der Waals surface area contributed by atoms with Crippen LogP contribution in [-0.2, 0) is 6.54 Å². The maximum absolute atomic E-state index is 12.8. The van der Waals surface area contributed by atoms with E-state index in [1.54, 1.807) is 6.07 Å². The van der Waals surface area contributed by atoms with Crippen molar-refractivity contribution < 1.29 is 23.9 Å². The Labute approximate surface area is 178 Å². The van der Waals surface area contributed by atoms with Gasteiger partial charge < -0.3 is 28.9 Å². The van der Waals surface area contributed by atoms with E-state index in [4.69, 9.17) is 14.2 Å². The Bertz CT molecular complexity index is 1140. The third kappa shape index (κ3) is 4.20. The lowest BCUT2D eigenvalue weighted by Gasteiger charge is -2.27. The molecule has 2 aromatic heterocycles. The summed E-state index contributed by atoms with van der Waals surface area (Å²) in [5.74, 6) is 0.682. The molecule has 1 aromatic carbocycles. The number of ketones is 1. The van der Waals surface area contributed by atoms with Gasteiger partial charge in [0.2, 0.25) is 11.5 Å². The van der Waals surface area contributed by atoms with Gasteiger partial charge in [-0.25, -0.2) is 0 Å². The average Bonchev–Trinajstić information content (AvgIpc) is 3.06. The smallest absolute Gasteiger partial charge is 0.406 e. The van der Waals surface area contributed by atoms with Crippen LogP contribution < -0.4 is 14.2 Å². The molecule has 9 heteroatoms. The Kier molecular flexibility index (Phi) is 5.57. The highest BCUT2D eigenvalue weighted by Crippen LogP contribution is 2.31. The molecule has 160 valence electrons. The largest absolute Gasteiger partial charge is 0.486 e. The Hall–Kier alpha value is -3.88. The highest BCUT2D eigenvalue weighted by Gasteiger charge is 2.24. The zero-order valence-electron chi connectivity index (χ0n) is 17.1. The standard InChI is InChI=1S/C22H21N3O6/c1-14-10-17(18(26)13-30-21-8-5-9-23-22(21)25(27)28)15(2)24(14)11-16-12-29-19-6-3-4-7-20(19)31-16/h3-10,16H,11-13H2,1-2H3/t16-/m0/s1. The van der Waals surface area contributed by atoms with Gasteiger partial charge in [-0.2, -0.15) is 0 Å². The maximum Gasteiger partial charge on any atom is 0.406 e. The number of carbonyl (C=O) groups is 1. The number of benzene rings is 1. The normalized spacial score (nSPS) is 14.8. The summed E-state index contributed by atoms with van der Waals surface area (Å²) in [6.45, 7) is 4.37. The quantitative estimate of drug-likeness (QED) is 0.325. The molecule has 0 amide bonds. The number of aryl methyl sites for hydroxylation is 1. The van der Waals surface area contributed by atoms with Crippen LogP contribution >= 0.6 is 0 Å². The lowest BCUT2D eigenvalue weighted by Crippen LogP contribution is -2.33. The van der Waals surface area contributed by atoms with E-state index in [9.17, 15) is 14.9 Å². The van der Waals surface area contributed by atoms with E-state index < -0.39 is 10.7 Å². The molecule has 0 radical (unpaired) electrons. The molecule has 0 unspecified atom stereocenters. The Morgan fingerprint density at radius 3 is 2.81 bits per heavy atom. The molecule has 1 aliphatic heterocycles. The molecule has 0 N–H and O–H groups in total. The molecule has 0 fully saturated rings. The lowest BCUT2D eigenvalue weighted by atomic mass is 10.1. The minimum absolute atomic E-state index is 0.0407. The first-order valence-corrected chi connectivity index (χ1v) is 9.74. The molecule has 0 aliphatic carbocycles. The fraction of sp³-hybridized carbons (Fsp3) is 0.273. The van der Waals surface area contributed by atoms with Crippen LogP contribution in [0, 0.1) is 24.0 Å². The monoisotopic (exact) mass is 423 g/mol. The van der Waals surface area contributed by atoms with Gasteiger partial charge in [-0.1, -0.05) is 12.1 Å². The first-order valence-electron chi connectivity index (χ1n) is 9.74. The van der Waals surface area contributed by atoms with E-state index in [0.717, 1.165) is 17.1 Å². The van der Waals surface area contributed by atoms with Crippen LogP contribution in [0.4, 0.5) is 5.82 Å². The summed E-state index contributed by atoms with van der Waals surface area (Å²) in [5.41, 5.74) is 2.17. The van der Waals surface area contributed by atoms with Gasteiger partial charge in [-0.15, -0.1) is 0 Å². The first-order chi connectivity index (χ1) is 14.9. The van der Waals surface area contributed by atoms with Gasteiger partial charge in [0.15, 0.2) is 24.2 Å². The number of para-hydroxylation sites is 2. The number of hydrogen-bond donors (Lipinski definition) is 0. The first kappa shape index (κ1) is 20.4. The number of aromatic nitrogens is 2. The molecule has 0 saturated carbocycles. The number of Topliss-reactive ketones (excluding diaryl/α,β-unsaturated/α-hetero) is 1. The van der Waals surface area contributed by atoms with Crippen LogP contribution in [-0.4, -0.2) is 39.6 Å². The van der Waals surface area contributed by atoms with E-state index >= 15 is 0 Å². The summed E-state index contributed by atoms with van der Waals surface area (Å²) in [4.78, 5) is 26.9. The van der Waals surface area contributed by atoms with Gasteiger partial charge in [0.05, 0.1) is 6.54 Å². The molecule has 4 rings (SSSR count). The third-order valence-electron chi connectivity index (χ3n) is 5.11. The van der Waals surface area contributed by atoms with E-state index in [2.05, 4.69) is 4.98 Å². The van der Waals surface area contributed by atoms with Crippen LogP contribution in [0.1, 0.15) is 21.7 Å². The Morgan fingerprint density at radius 2 is 2.03 bits per heavy atom. The number of rotatable bonds is 7. The van der Waals surface area contributed by atoms with Crippen molar-refractivity contribution in [3.63, 3.8) is 0 Å². The fourth-order valence-electron chi connectivity index (χ4n) is 3.57. The molecular formula is C22H21N3O6. The number of carbonyl (C=O) groups excluding carboxylic acids is 1. The zero-order valence-corrected chi connectivity index (χ0v) is 17.1. The summed E-state index contributed by atoms with van der Waals surface area (Å²) in [6.07, 6.45) is 1.10. The molecular weight excluding hydrogens is 402 g/mol. The molecule has 3 heterocycles. The van der Waals surface area contributed by atoms with Gasteiger partial charge in [0, 0.05) is 17.0 Å². The van der Waals surface area contributed by atoms with Crippen LogP contribution in [0.15, 0.2) is 48.7 Å². The summed E-state index contributed by atoms with van der Waals surface area (Å²) >= 11 is 0. The molecule has 31 heavy (non-hydrogen) atoms. The molecule has 3 aromatic rings. The molecule has 9 nitrogen and oxygen atoms in total. The number of hydrogen-bond acceptors (Lipinski definition) is 7. The van der Waals surface area contributed by atoms with Gasteiger partial charge in [0.1, 0.15) is 12.8 Å². The van der Waals surface area contributed by atoms with Crippen molar-refractivity contribution >= 4 is 11.6 Å². The predicted octanol–water partition coefficient (Wildman–Crippen LogP) is 3.51. The third-order valence-corrected chi connectivity index (χ3v) is 5.11. The van der Waals surface area contributed by atoms with E-state index in [1.165, 1.54) is 18.3 Å². The minimum atomic E-state index is -0.643. The van der Waals surface area contributed by atoms with Gasteiger partial charge in [-0.05, 0) is 54.1 Å². The second-order valence-electron chi connectivity index (χ2n) is 7.19. The summed E-state index contributed by atoms with van der Waals surface area (Å²) < 4.78 is 19.2. The molecule has 0 bridgehead atoms. The van der Waals surface area contributed by atoms with Gasteiger partial charge in [0.25, 0.3) is 0 Å². The predicted molar refractivity (Wildman–Crippen MR) is 111 cm³/mol. The maximum atomic E-state index is 12.8. The number of nitro groups is 1. The van der Waals surface area contributed by atoms with Crippen molar-refractivity contribution in [3.8, 4) is 17.2 Å². The fourth-order valence-corrected chi connectivity index (χ4v) is 3.57.